The van der Waals surface area contributed by atoms with E-state index in [9.17, 15) is 5.11 Å². The van der Waals surface area contributed by atoms with Crippen LogP contribution in [0.1, 0.15) is 36.9 Å². The average molecular weight is 259 g/mol. The predicted molar refractivity (Wildman–Crippen MR) is 73.1 cm³/mol. The minimum absolute atomic E-state index is 0.0901. The van der Waals surface area contributed by atoms with Crippen LogP contribution in [0.3, 0.4) is 0 Å². The molecule has 2 fully saturated rings. The first-order valence-electron chi connectivity index (χ1n) is 7.58. The van der Waals surface area contributed by atoms with Crippen molar-refractivity contribution in [2.24, 2.45) is 11.8 Å². The Morgan fingerprint density at radius 3 is 2.89 bits per heavy atom. The van der Waals surface area contributed by atoms with Crippen LogP contribution in [0.5, 0.6) is 0 Å². The summed E-state index contributed by atoms with van der Waals surface area (Å²) < 4.78 is 0. The van der Waals surface area contributed by atoms with Gasteiger partial charge in [-0.2, -0.15) is 0 Å². The second-order valence-corrected chi connectivity index (χ2v) is 6.30. The molecule has 0 radical (unpaired) electrons. The molecule has 1 saturated heterocycles. The number of anilines is 1. The Morgan fingerprint density at radius 2 is 2.00 bits per heavy atom. The average Bonchev–Trinajstić information content (AvgIpc) is 3.01. The van der Waals surface area contributed by atoms with E-state index in [4.69, 9.17) is 0 Å². The van der Waals surface area contributed by atoms with Gasteiger partial charge < -0.3 is 10.0 Å². The highest BCUT2D eigenvalue weighted by atomic mass is 16.3. The molecular weight excluding hydrogens is 238 g/mol. The number of hydrogen-bond acceptors (Lipinski definition) is 4. The summed E-state index contributed by atoms with van der Waals surface area (Å²) in [4.78, 5) is 11.4. The third-order valence-electron chi connectivity index (χ3n) is 5.22. The van der Waals surface area contributed by atoms with E-state index in [-0.39, 0.29) is 6.10 Å². The van der Waals surface area contributed by atoms with Gasteiger partial charge >= 0.3 is 0 Å². The Labute approximate surface area is 113 Å². The minimum Gasteiger partial charge on any atom is -0.393 e. The summed E-state index contributed by atoms with van der Waals surface area (Å²) in [5.74, 6) is 2.30. The van der Waals surface area contributed by atoms with Crippen molar-refractivity contribution in [3.8, 4) is 0 Å². The molecule has 4 rings (SSSR count). The van der Waals surface area contributed by atoms with Crippen molar-refractivity contribution in [3.63, 3.8) is 0 Å². The molecule has 0 amide bonds. The highest BCUT2D eigenvalue weighted by Gasteiger charge is 2.42. The zero-order valence-electron chi connectivity index (χ0n) is 11.3. The highest BCUT2D eigenvalue weighted by molar-refractivity contribution is 5.50. The normalized spacial score (nSPS) is 33.3. The number of hydrogen-bond donors (Lipinski definition) is 1. The molecule has 19 heavy (non-hydrogen) atoms. The summed E-state index contributed by atoms with van der Waals surface area (Å²) in [6.07, 6.45) is 8.55. The van der Waals surface area contributed by atoms with Crippen molar-refractivity contribution >= 4 is 5.82 Å². The summed E-state index contributed by atoms with van der Waals surface area (Å²) in [6, 6.07) is 0. The van der Waals surface area contributed by atoms with Gasteiger partial charge in [-0.25, -0.2) is 9.97 Å². The van der Waals surface area contributed by atoms with Crippen LogP contribution in [0.2, 0.25) is 0 Å². The van der Waals surface area contributed by atoms with E-state index in [1.165, 1.54) is 30.5 Å². The number of aromatic nitrogens is 2. The third-order valence-corrected chi connectivity index (χ3v) is 5.22. The van der Waals surface area contributed by atoms with Gasteiger partial charge in [0.15, 0.2) is 0 Å². The van der Waals surface area contributed by atoms with Crippen LogP contribution in [0.15, 0.2) is 6.33 Å². The van der Waals surface area contributed by atoms with E-state index >= 15 is 0 Å². The van der Waals surface area contributed by atoms with Gasteiger partial charge in [-0.05, 0) is 44.4 Å². The molecule has 4 nitrogen and oxygen atoms in total. The summed E-state index contributed by atoms with van der Waals surface area (Å²) in [7, 11) is 0. The molecule has 1 aromatic heterocycles. The van der Waals surface area contributed by atoms with Crippen LogP contribution in [-0.4, -0.2) is 34.3 Å². The third kappa shape index (κ3) is 1.84. The van der Waals surface area contributed by atoms with Crippen LogP contribution < -0.4 is 4.90 Å². The molecule has 0 bridgehead atoms. The molecule has 2 aliphatic carbocycles. The SMILES string of the molecule is OC1CCC2CN(c3ncnc4c3CCCC4)CC12. The van der Waals surface area contributed by atoms with Gasteiger partial charge in [0.1, 0.15) is 12.1 Å². The number of aliphatic hydroxyl groups excluding tert-OH is 1. The number of nitrogens with zero attached hydrogens (tertiary/aromatic N) is 3. The fourth-order valence-corrected chi connectivity index (χ4v) is 4.19. The molecule has 3 atom stereocenters. The maximum absolute atomic E-state index is 10.0. The maximum Gasteiger partial charge on any atom is 0.135 e. The van der Waals surface area contributed by atoms with Gasteiger partial charge in [-0.3, -0.25) is 0 Å². The molecule has 102 valence electrons. The van der Waals surface area contributed by atoms with E-state index in [1.54, 1.807) is 6.33 Å². The largest absolute Gasteiger partial charge is 0.393 e. The minimum atomic E-state index is -0.0901. The van der Waals surface area contributed by atoms with Crippen molar-refractivity contribution in [2.45, 2.75) is 44.6 Å². The predicted octanol–water partition coefficient (Wildman–Crippen LogP) is 1.56. The van der Waals surface area contributed by atoms with Gasteiger partial charge in [0.2, 0.25) is 0 Å². The van der Waals surface area contributed by atoms with Gasteiger partial charge in [-0.15, -0.1) is 0 Å². The molecule has 3 aliphatic rings. The van der Waals surface area contributed by atoms with Crippen molar-refractivity contribution in [1.82, 2.24) is 9.97 Å². The first kappa shape index (κ1) is 11.6. The van der Waals surface area contributed by atoms with Crippen molar-refractivity contribution in [2.75, 3.05) is 18.0 Å². The molecule has 0 aromatic carbocycles. The number of aliphatic hydroxyl groups is 1. The van der Waals surface area contributed by atoms with Crippen LogP contribution in [0.25, 0.3) is 0 Å². The standard InChI is InChI=1S/C15H21N3O/c19-14-6-5-10-7-18(8-12(10)14)15-11-3-1-2-4-13(11)16-9-17-15/h9-10,12,14,19H,1-8H2. The lowest BCUT2D eigenvalue weighted by Gasteiger charge is -2.25. The lowest BCUT2D eigenvalue weighted by Crippen LogP contribution is -2.27. The molecule has 1 aromatic rings. The van der Waals surface area contributed by atoms with E-state index in [2.05, 4.69) is 14.9 Å². The Morgan fingerprint density at radius 1 is 1.11 bits per heavy atom. The first-order valence-corrected chi connectivity index (χ1v) is 7.58. The summed E-state index contributed by atoms with van der Waals surface area (Å²) >= 11 is 0. The van der Waals surface area contributed by atoms with Crippen molar-refractivity contribution in [1.29, 1.82) is 0 Å². The van der Waals surface area contributed by atoms with Crippen molar-refractivity contribution < 1.29 is 5.11 Å². The van der Waals surface area contributed by atoms with E-state index in [0.29, 0.717) is 11.8 Å². The fraction of sp³-hybridized carbons (Fsp3) is 0.733. The lowest BCUT2D eigenvalue weighted by atomic mass is 9.96. The van der Waals surface area contributed by atoms with E-state index in [1.807, 2.05) is 0 Å². The Kier molecular flexibility index (Phi) is 2.72. The van der Waals surface area contributed by atoms with Gasteiger partial charge in [0.25, 0.3) is 0 Å². The van der Waals surface area contributed by atoms with E-state index in [0.717, 1.165) is 38.2 Å². The Balaban J connectivity index is 1.64. The Hall–Kier alpha value is -1.16. The summed E-state index contributed by atoms with van der Waals surface area (Å²) in [5.41, 5.74) is 2.64. The molecule has 1 aliphatic heterocycles. The topological polar surface area (TPSA) is 49.2 Å². The lowest BCUT2D eigenvalue weighted by molar-refractivity contribution is 0.133. The van der Waals surface area contributed by atoms with Gasteiger partial charge in [-0.1, -0.05) is 0 Å². The van der Waals surface area contributed by atoms with Crippen LogP contribution in [-0.2, 0) is 12.8 Å². The molecule has 3 unspecified atom stereocenters. The molecule has 4 heteroatoms. The first-order chi connectivity index (χ1) is 9.33. The molecular formula is C15H21N3O. The smallest absolute Gasteiger partial charge is 0.135 e. The van der Waals surface area contributed by atoms with E-state index < -0.39 is 0 Å². The zero-order chi connectivity index (χ0) is 12.8. The quantitative estimate of drug-likeness (QED) is 0.831. The number of rotatable bonds is 1. The second kappa shape index (κ2) is 4.44. The number of fused-ring (bicyclic) bond motifs is 2. The maximum atomic E-state index is 10.0. The zero-order valence-corrected chi connectivity index (χ0v) is 11.3. The fourth-order valence-electron chi connectivity index (χ4n) is 4.19. The Bertz CT molecular complexity index is 490. The summed E-state index contributed by atoms with van der Waals surface area (Å²) in [6.45, 7) is 2.06. The monoisotopic (exact) mass is 259 g/mol. The molecule has 1 N–H and O–H groups in total. The summed E-state index contributed by atoms with van der Waals surface area (Å²) in [5, 5.41) is 10.0. The van der Waals surface area contributed by atoms with Crippen LogP contribution >= 0.6 is 0 Å². The van der Waals surface area contributed by atoms with Crippen molar-refractivity contribution in [3.05, 3.63) is 17.6 Å². The van der Waals surface area contributed by atoms with Crippen LogP contribution in [0.4, 0.5) is 5.82 Å². The molecule has 2 heterocycles. The number of aryl methyl sites for hydroxylation is 1. The van der Waals surface area contributed by atoms with Crippen LogP contribution in [0, 0.1) is 11.8 Å². The highest BCUT2D eigenvalue weighted by Crippen LogP contribution is 2.40. The van der Waals surface area contributed by atoms with Gasteiger partial charge in [0, 0.05) is 30.3 Å². The second-order valence-electron chi connectivity index (χ2n) is 6.30. The van der Waals surface area contributed by atoms with Gasteiger partial charge in [0.05, 0.1) is 6.10 Å². The molecule has 1 saturated carbocycles. The molecule has 0 spiro atoms.